The van der Waals surface area contributed by atoms with Crippen LogP contribution in [0.2, 0.25) is 0 Å². The third-order valence-electron chi connectivity index (χ3n) is 6.77. The average Bonchev–Trinajstić information content (AvgIpc) is 3.45. The van der Waals surface area contributed by atoms with E-state index in [2.05, 4.69) is 57.6 Å². The molecule has 194 valence electrons. The summed E-state index contributed by atoms with van der Waals surface area (Å²) < 4.78 is 23.3. The van der Waals surface area contributed by atoms with Crippen LogP contribution < -0.4 is 24.3 Å². The monoisotopic (exact) mass is 581 g/mol. The van der Waals surface area contributed by atoms with E-state index in [1.165, 1.54) is 0 Å². The van der Waals surface area contributed by atoms with Crippen LogP contribution in [0.3, 0.4) is 0 Å². The lowest BCUT2D eigenvalue weighted by Gasteiger charge is -2.19. The maximum absolute atomic E-state index is 13.5. The van der Waals surface area contributed by atoms with Gasteiger partial charge in [0.15, 0.2) is 23.0 Å². The van der Waals surface area contributed by atoms with Gasteiger partial charge in [-0.25, -0.2) is 0 Å². The molecule has 0 aromatic heterocycles. The number of amides is 1. The number of ether oxygens (including phenoxy) is 4. The van der Waals surface area contributed by atoms with Crippen molar-refractivity contribution in [2.24, 2.45) is 0 Å². The normalized spacial score (nSPS) is 11.9. The van der Waals surface area contributed by atoms with Crippen molar-refractivity contribution in [2.45, 2.75) is 0 Å². The van der Waals surface area contributed by atoms with Crippen molar-refractivity contribution in [1.29, 1.82) is 0 Å². The first-order valence-electron chi connectivity index (χ1n) is 12.3. The largest absolute Gasteiger partial charge is 0.493 e. The van der Waals surface area contributed by atoms with Gasteiger partial charge in [0.1, 0.15) is 0 Å². The second-order valence-corrected chi connectivity index (χ2v) is 9.80. The van der Waals surface area contributed by atoms with E-state index in [-0.39, 0.29) is 12.7 Å². The van der Waals surface area contributed by atoms with Gasteiger partial charge in [0, 0.05) is 21.1 Å². The molecular weight excluding hydrogens is 558 g/mol. The lowest BCUT2D eigenvalue weighted by molar-refractivity contribution is 0.102. The predicted octanol–water partition coefficient (Wildman–Crippen LogP) is 7.93. The van der Waals surface area contributed by atoms with Crippen molar-refractivity contribution in [3.05, 3.63) is 101 Å². The Labute approximate surface area is 234 Å². The van der Waals surface area contributed by atoms with E-state index in [0.717, 1.165) is 33.0 Å². The van der Waals surface area contributed by atoms with E-state index in [1.54, 1.807) is 26.4 Å². The number of nitrogens with one attached hydrogen (secondary N) is 1. The molecule has 0 aliphatic carbocycles. The molecule has 6 nitrogen and oxygen atoms in total. The SMILES string of the molecule is COc1cc2c(NC(=O)c3c(Br)ccc4c3OCO4)cccc2c(-c2ccc(-c3ccccc3)cc2)c1OC. The van der Waals surface area contributed by atoms with Gasteiger partial charge in [0.25, 0.3) is 5.91 Å². The second kappa shape index (κ2) is 10.3. The van der Waals surface area contributed by atoms with Gasteiger partial charge in [-0.05, 0) is 62.3 Å². The van der Waals surface area contributed by atoms with Crippen LogP contribution in [0.4, 0.5) is 5.69 Å². The highest BCUT2D eigenvalue weighted by Gasteiger charge is 2.26. The summed E-state index contributed by atoms with van der Waals surface area (Å²) in [5, 5.41) is 4.79. The van der Waals surface area contributed by atoms with Gasteiger partial charge in [-0.1, -0.05) is 66.7 Å². The zero-order valence-corrected chi connectivity index (χ0v) is 22.9. The summed E-state index contributed by atoms with van der Waals surface area (Å²) in [4.78, 5) is 13.5. The number of carbonyl (C=O) groups is 1. The lowest BCUT2D eigenvalue weighted by atomic mass is 9.94. The molecule has 0 saturated heterocycles. The Morgan fingerprint density at radius 1 is 0.795 bits per heavy atom. The van der Waals surface area contributed by atoms with Gasteiger partial charge in [-0.15, -0.1) is 0 Å². The van der Waals surface area contributed by atoms with Crippen LogP contribution in [0.5, 0.6) is 23.0 Å². The maximum Gasteiger partial charge on any atom is 0.260 e. The predicted molar refractivity (Wildman–Crippen MR) is 156 cm³/mol. The fourth-order valence-corrected chi connectivity index (χ4v) is 5.43. The summed E-state index contributed by atoms with van der Waals surface area (Å²) in [7, 11) is 3.24. The highest BCUT2D eigenvalue weighted by molar-refractivity contribution is 9.10. The summed E-state index contributed by atoms with van der Waals surface area (Å²) in [6, 6.07) is 29.8. The maximum atomic E-state index is 13.5. The molecule has 0 radical (unpaired) electrons. The van der Waals surface area contributed by atoms with Crippen molar-refractivity contribution < 1.29 is 23.7 Å². The van der Waals surface area contributed by atoms with E-state index in [4.69, 9.17) is 18.9 Å². The molecule has 1 aliphatic rings. The molecule has 0 bridgehead atoms. The number of carbonyl (C=O) groups excluding carboxylic acids is 1. The third kappa shape index (κ3) is 4.45. The van der Waals surface area contributed by atoms with Crippen molar-refractivity contribution in [3.63, 3.8) is 0 Å². The van der Waals surface area contributed by atoms with E-state index in [9.17, 15) is 4.79 Å². The third-order valence-corrected chi connectivity index (χ3v) is 7.43. The van der Waals surface area contributed by atoms with Crippen LogP contribution in [0, 0.1) is 0 Å². The Morgan fingerprint density at radius 3 is 2.28 bits per heavy atom. The van der Waals surface area contributed by atoms with Gasteiger partial charge < -0.3 is 24.3 Å². The number of hydrogen-bond donors (Lipinski definition) is 1. The van der Waals surface area contributed by atoms with Crippen LogP contribution in [0.25, 0.3) is 33.0 Å². The van der Waals surface area contributed by atoms with Crippen LogP contribution in [0.1, 0.15) is 10.4 Å². The Balaban J connectivity index is 1.46. The minimum absolute atomic E-state index is 0.0732. The molecule has 7 heteroatoms. The zero-order valence-electron chi connectivity index (χ0n) is 21.3. The Hall–Kier alpha value is -4.49. The smallest absolute Gasteiger partial charge is 0.260 e. The summed E-state index contributed by atoms with van der Waals surface area (Å²) >= 11 is 3.49. The van der Waals surface area contributed by atoms with Gasteiger partial charge in [-0.3, -0.25) is 4.79 Å². The van der Waals surface area contributed by atoms with E-state index >= 15 is 0 Å². The van der Waals surface area contributed by atoms with E-state index in [1.807, 2.05) is 42.5 Å². The number of rotatable bonds is 6. The molecule has 1 amide bonds. The number of halogens is 1. The quantitative estimate of drug-likeness (QED) is 0.220. The van der Waals surface area contributed by atoms with Crippen LogP contribution in [-0.4, -0.2) is 26.9 Å². The number of hydrogen-bond acceptors (Lipinski definition) is 5. The van der Waals surface area contributed by atoms with Crippen molar-refractivity contribution in [2.75, 3.05) is 26.3 Å². The molecule has 1 aliphatic heterocycles. The van der Waals surface area contributed by atoms with Crippen molar-refractivity contribution in [1.82, 2.24) is 0 Å². The molecule has 0 saturated carbocycles. The summed E-state index contributed by atoms with van der Waals surface area (Å²) in [5.74, 6) is 1.82. The highest BCUT2D eigenvalue weighted by Crippen LogP contribution is 2.46. The average molecular weight is 582 g/mol. The van der Waals surface area contributed by atoms with Gasteiger partial charge in [-0.2, -0.15) is 0 Å². The first kappa shape index (κ1) is 24.8. The molecule has 5 aromatic carbocycles. The minimum atomic E-state index is -0.319. The Kier molecular flexibility index (Phi) is 6.59. The molecule has 0 unspecified atom stereocenters. The van der Waals surface area contributed by atoms with Crippen molar-refractivity contribution >= 4 is 38.3 Å². The van der Waals surface area contributed by atoms with Crippen LogP contribution in [-0.2, 0) is 0 Å². The van der Waals surface area contributed by atoms with Gasteiger partial charge >= 0.3 is 0 Å². The first-order valence-corrected chi connectivity index (χ1v) is 13.1. The van der Waals surface area contributed by atoms with Crippen molar-refractivity contribution in [3.8, 4) is 45.3 Å². The molecule has 0 spiro atoms. The number of methoxy groups -OCH3 is 2. The summed E-state index contributed by atoms with van der Waals surface area (Å²) in [6.45, 7) is 0.0732. The number of anilines is 1. The zero-order chi connectivity index (χ0) is 26.9. The molecular formula is C32H24BrNO5. The molecule has 5 aromatic rings. The number of fused-ring (bicyclic) bond motifs is 2. The van der Waals surface area contributed by atoms with E-state index < -0.39 is 0 Å². The number of benzene rings is 5. The molecule has 1 N–H and O–H groups in total. The second-order valence-electron chi connectivity index (χ2n) is 8.94. The lowest BCUT2D eigenvalue weighted by Crippen LogP contribution is -2.14. The van der Waals surface area contributed by atoms with Crippen LogP contribution >= 0.6 is 15.9 Å². The standard InChI is InChI=1S/C32H24BrNO5/c1-36-27-17-23-22(28(30(27)37-2)21-13-11-20(12-14-21)19-7-4-3-5-8-19)9-6-10-25(23)34-32(35)29-24(33)15-16-26-31(29)39-18-38-26/h3-17H,18H2,1-2H3,(H,34,35). The molecule has 0 atom stereocenters. The molecule has 6 rings (SSSR count). The molecule has 0 fully saturated rings. The topological polar surface area (TPSA) is 66.0 Å². The Morgan fingerprint density at radius 2 is 1.54 bits per heavy atom. The minimum Gasteiger partial charge on any atom is -0.493 e. The molecule has 1 heterocycles. The molecule has 39 heavy (non-hydrogen) atoms. The Bertz CT molecular complexity index is 1700. The fourth-order valence-electron chi connectivity index (χ4n) is 4.94. The van der Waals surface area contributed by atoms with Gasteiger partial charge in [0.2, 0.25) is 6.79 Å². The highest BCUT2D eigenvalue weighted by atomic mass is 79.9. The van der Waals surface area contributed by atoms with E-state index in [0.29, 0.717) is 38.7 Å². The van der Waals surface area contributed by atoms with Crippen LogP contribution in [0.15, 0.2) is 95.5 Å². The van der Waals surface area contributed by atoms with Gasteiger partial charge in [0.05, 0.1) is 19.8 Å². The fraction of sp³-hybridized carbons (Fsp3) is 0.0938. The summed E-state index contributed by atoms with van der Waals surface area (Å²) in [6.07, 6.45) is 0. The summed E-state index contributed by atoms with van der Waals surface area (Å²) in [5.41, 5.74) is 5.10. The first-order chi connectivity index (χ1) is 19.1.